The molecule has 0 aliphatic carbocycles. The molecule has 0 aliphatic rings. The molecule has 3 rings (SSSR count). The summed E-state index contributed by atoms with van der Waals surface area (Å²) in [5.41, 5.74) is 1.08. The molecule has 0 unspecified atom stereocenters. The maximum absolute atomic E-state index is 12.2. The van der Waals surface area contributed by atoms with Crippen LogP contribution >= 0.6 is 0 Å². The molecule has 0 aliphatic heterocycles. The highest BCUT2D eigenvalue weighted by molar-refractivity contribution is 5.60. The molecule has 0 amide bonds. The topological polar surface area (TPSA) is 75.9 Å². The number of hydrogen-bond donors (Lipinski definition) is 1. The van der Waals surface area contributed by atoms with Crippen molar-refractivity contribution in [3.63, 3.8) is 0 Å². The minimum Gasteiger partial charge on any atom is -0.330 e. The Morgan fingerprint density at radius 1 is 1.41 bits per heavy atom. The average molecular weight is 227 g/mol. The quantitative estimate of drug-likeness (QED) is 0.666. The third kappa shape index (κ3) is 1.50. The lowest BCUT2D eigenvalue weighted by molar-refractivity contribution is 0.883. The Morgan fingerprint density at radius 2 is 2.29 bits per heavy atom. The third-order valence-corrected chi connectivity index (χ3v) is 2.45. The van der Waals surface area contributed by atoms with Gasteiger partial charge in [-0.3, -0.25) is 9.78 Å². The molecule has 6 heteroatoms. The van der Waals surface area contributed by atoms with Crippen LogP contribution in [0.4, 0.5) is 0 Å². The third-order valence-electron chi connectivity index (χ3n) is 2.45. The number of fused-ring (bicyclic) bond motifs is 1. The number of pyridine rings is 1. The minimum atomic E-state index is -0.202. The molecule has 0 atom stereocenters. The van der Waals surface area contributed by atoms with Crippen LogP contribution in [0.15, 0.2) is 35.5 Å². The van der Waals surface area contributed by atoms with Gasteiger partial charge in [0.25, 0.3) is 5.56 Å². The van der Waals surface area contributed by atoms with Gasteiger partial charge < -0.3 is 4.98 Å². The van der Waals surface area contributed by atoms with Crippen molar-refractivity contribution in [3.8, 4) is 11.1 Å². The zero-order chi connectivity index (χ0) is 11.8. The van der Waals surface area contributed by atoms with Crippen LogP contribution in [0.3, 0.4) is 0 Å². The molecule has 84 valence electrons. The molecule has 0 saturated carbocycles. The molecule has 17 heavy (non-hydrogen) atoms. The van der Waals surface area contributed by atoms with Gasteiger partial charge in [0.15, 0.2) is 0 Å². The van der Waals surface area contributed by atoms with E-state index in [9.17, 15) is 4.79 Å². The van der Waals surface area contributed by atoms with Crippen molar-refractivity contribution in [1.29, 1.82) is 0 Å². The van der Waals surface area contributed by atoms with Crippen molar-refractivity contribution >= 4 is 5.78 Å². The fourth-order valence-electron chi connectivity index (χ4n) is 1.69. The van der Waals surface area contributed by atoms with Crippen molar-refractivity contribution in [2.24, 2.45) is 0 Å². The number of nitrogens with zero attached hydrogens (tertiary/aromatic N) is 4. The Labute approximate surface area is 96.0 Å². The first kappa shape index (κ1) is 9.71. The Bertz CT molecular complexity index is 728. The summed E-state index contributed by atoms with van der Waals surface area (Å²) in [6.45, 7) is 1.74. The molecule has 0 bridgehead atoms. The summed E-state index contributed by atoms with van der Waals surface area (Å²) in [4.78, 5) is 23.2. The van der Waals surface area contributed by atoms with Crippen molar-refractivity contribution in [3.05, 3.63) is 46.9 Å². The van der Waals surface area contributed by atoms with Crippen LogP contribution in [-0.2, 0) is 0 Å². The smallest absolute Gasteiger partial charge is 0.283 e. The highest BCUT2D eigenvalue weighted by atomic mass is 16.1. The Kier molecular flexibility index (Phi) is 2.01. The fourth-order valence-corrected chi connectivity index (χ4v) is 1.69. The summed E-state index contributed by atoms with van der Waals surface area (Å²) in [6.07, 6.45) is 4.93. The van der Waals surface area contributed by atoms with Gasteiger partial charge in [-0.05, 0) is 13.0 Å². The Hall–Kier alpha value is -2.50. The molecular formula is C11H9N5O. The van der Waals surface area contributed by atoms with E-state index in [0.717, 1.165) is 5.56 Å². The minimum absolute atomic E-state index is 0.202. The van der Waals surface area contributed by atoms with E-state index < -0.39 is 0 Å². The van der Waals surface area contributed by atoms with Crippen LogP contribution < -0.4 is 5.56 Å². The van der Waals surface area contributed by atoms with Crippen molar-refractivity contribution in [2.75, 3.05) is 0 Å². The van der Waals surface area contributed by atoms with Crippen LogP contribution in [0.5, 0.6) is 0 Å². The summed E-state index contributed by atoms with van der Waals surface area (Å²) >= 11 is 0. The number of rotatable bonds is 1. The van der Waals surface area contributed by atoms with Crippen LogP contribution in [0.2, 0.25) is 0 Å². The zero-order valence-electron chi connectivity index (χ0n) is 9.08. The number of aromatic amines is 1. The van der Waals surface area contributed by atoms with E-state index in [2.05, 4.69) is 20.1 Å². The molecule has 0 fully saturated rings. The van der Waals surface area contributed by atoms with Gasteiger partial charge >= 0.3 is 0 Å². The molecular weight excluding hydrogens is 218 g/mol. The van der Waals surface area contributed by atoms with Crippen LogP contribution in [0.25, 0.3) is 16.9 Å². The first-order chi connectivity index (χ1) is 8.25. The maximum atomic E-state index is 12.2. The largest absolute Gasteiger partial charge is 0.330 e. The number of nitrogens with one attached hydrogen (secondary N) is 1. The predicted octanol–water partition coefficient (Wildman–Crippen LogP) is 0.788. The highest BCUT2D eigenvalue weighted by Crippen LogP contribution is 2.12. The first-order valence-corrected chi connectivity index (χ1v) is 5.11. The summed E-state index contributed by atoms with van der Waals surface area (Å²) in [5.74, 6) is 1.00. The van der Waals surface area contributed by atoms with E-state index in [1.807, 2.05) is 6.07 Å². The summed E-state index contributed by atoms with van der Waals surface area (Å²) in [7, 11) is 0. The lowest BCUT2D eigenvalue weighted by Crippen LogP contribution is -2.17. The highest BCUT2D eigenvalue weighted by Gasteiger charge is 2.09. The zero-order valence-corrected chi connectivity index (χ0v) is 9.08. The molecule has 6 nitrogen and oxygen atoms in total. The SMILES string of the molecule is Cc1nc2[nH]cc(-c3cccnc3)c(=O)n2n1. The van der Waals surface area contributed by atoms with Gasteiger partial charge in [0.05, 0.1) is 5.56 Å². The number of aromatic nitrogens is 5. The molecule has 0 aromatic carbocycles. The number of H-pyrrole nitrogens is 1. The van der Waals surface area contributed by atoms with Gasteiger partial charge in [0, 0.05) is 24.2 Å². The van der Waals surface area contributed by atoms with E-state index >= 15 is 0 Å². The molecule has 3 heterocycles. The summed E-state index contributed by atoms with van der Waals surface area (Å²) in [5, 5.41) is 4.04. The molecule has 0 saturated heterocycles. The van der Waals surface area contributed by atoms with Crippen LogP contribution in [-0.4, -0.2) is 24.6 Å². The van der Waals surface area contributed by atoms with Gasteiger partial charge in [-0.2, -0.15) is 9.50 Å². The molecule has 0 radical (unpaired) electrons. The van der Waals surface area contributed by atoms with E-state index in [-0.39, 0.29) is 5.56 Å². The second kappa shape index (κ2) is 3.51. The lowest BCUT2D eigenvalue weighted by Gasteiger charge is -1.99. The van der Waals surface area contributed by atoms with Gasteiger partial charge in [0.1, 0.15) is 5.82 Å². The molecule has 1 N–H and O–H groups in total. The maximum Gasteiger partial charge on any atom is 0.283 e. The van der Waals surface area contributed by atoms with Crippen LogP contribution in [0, 0.1) is 6.92 Å². The van der Waals surface area contributed by atoms with E-state index in [0.29, 0.717) is 17.2 Å². The lowest BCUT2D eigenvalue weighted by atomic mass is 10.1. The monoisotopic (exact) mass is 227 g/mol. The van der Waals surface area contributed by atoms with Gasteiger partial charge in [-0.15, -0.1) is 5.10 Å². The second-order valence-electron chi connectivity index (χ2n) is 3.64. The normalized spacial score (nSPS) is 10.9. The van der Waals surface area contributed by atoms with E-state index in [1.54, 1.807) is 31.6 Å². The number of aryl methyl sites for hydroxylation is 1. The Morgan fingerprint density at radius 3 is 3.06 bits per heavy atom. The van der Waals surface area contributed by atoms with Crippen molar-refractivity contribution in [1.82, 2.24) is 24.6 Å². The van der Waals surface area contributed by atoms with E-state index in [4.69, 9.17) is 0 Å². The fraction of sp³-hybridized carbons (Fsp3) is 0.0909. The molecule has 3 aromatic heterocycles. The summed E-state index contributed by atoms with van der Waals surface area (Å²) < 4.78 is 1.26. The molecule has 3 aromatic rings. The second-order valence-corrected chi connectivity index (χ2v) is 3.64. The molecule has 0 spiro atoms. The standard InChI is InChI=1S/C11H9N5O/c1-7-14-11-13-6-9(10(17)16(11)15-7)8-3-2-4-12-5-8/h2-6H,1H3,(H,13,14,15). The van der Waals surface area contributed by atoms with Gasteiger partial charge in [-0.1, -0.05) is 6.07 Å². The van der Waals surface area contributed by atoms with E-state index in [1.165, 1.54) is 4.52 Å². The Balaban J connectivity index is 2.32. The van der Waals surface area contributed by atoms with Crippen molar-refractivity contribution < 1.29 is 0 Å². The number of hydrogen-bond acceptors (Lipinski definition) is 4. The van der Waals surface area contributed by atoms with Gasteiger partial charge in [-0.25, -0.2) is 0 Å². The average Bonchev–Trinajstić information content (AvgIpc) is 2.72. The van der Waals surface area contributed by atoms with Gasteiger partial charge in [0.2, 0.25) is 5.78 Å². The first-order valence-electron chi connectivity index (χ1n) is 5.11. The predicted molar refractivity (Wildman–Crippen MR) is 61.6 cm³/mol. The van der Waals surface area contributed by atoms with Crippen molar-refractivity contribution in [2.45, 2.75) is 6.92 Å². The van der Waals surface area contributed by atoms with Crippen LogP contribution in [0.1, 0.15) is 5.82 Å². The summed E-state index contributed by atoms with van der Waals surface area (Å²) in [6, 6.07) is 3.61.